The lowest BCUT2D eigenvalue weighted by Gasteiger charge is -2.08. The number of halogens is 1. The van der Waals surface area contributed by atoms with Crippen LogP contribution >= 0.6 is 11.6 Å². The summed E-state index contributed by atoms with van der Waals surface area (Å²) in [6, 6.07) is 26.5. The monoisotopic (exact) mass is 367 g/mol. The first-order valence-electron chi connectivity index (χ1n) is 8.89. The predicted molar refractivity (Wildman–Crippen MR) is 113 cm³/mol. The van der Waals surface area contributed by atoms with Gasteiger partial charge in [-0.3, -0.25) is 0 Å². The van der Waals surface area contributed by atoms with E-state index in [2.05, 4.69) is 65.1 Å². The number of aromatic hydroxyl groups is 1. The molecule has 0 aliphatic heterocycles. The standard InChI is InChI=1S/C24H14ClNO/c25-19-8-5-11-22(27)23(19)14-12-17-15-6-1-3-9-20(15)26-21-10-4-2-7-16(21)18(13-14)24(17)26/h1-13,27H. The second-order valence-electron chi connectivity index (χ2n) is 6.92. The molecule has 0 unspecified atom stereocenters. The van der Waals surface area contributed by atoms with E-state index in [1.165, 1.54) is 38.1 Å². The lowest BCUT2D eigenvalue weighted by atomic mass is 9.98. The summed E-state index contributed by atoms with van der Waals surface area (Å²) in [6.07, 6.45) is 0. The van der Waals surface area contributed by atoms with Crippen LogP contribution in [0.5, 0.6) is 5.75 Å². The van der Waals surface area contributed by atoms with Crippen LogP contribution in [0.4, 0.5) is 0 Å². The summed E-state index contributed by atoms with van der Waals surface area (Å²) in [6.45, 7) is 0. The van der Waals surface area contributed by atoms with Crippen LogP contribution in [0.15, 0.2) is 78.9 Å². The topological polar surface area (TPSA) is 24.6 Å². The molecule has 0 saturated carbocycles. The molecule has 0 spiro atoms. The Morgan fingerprint density at radius 3 is 1.85 bits per heavy atom. The van der Waals surface area contributed by atoms with E-state index < -0.39 is 0 Å². The number of nitrogens with zero attached hydrogens (tertiary/aromatic N) is 1. The van der Waals surface area contributed by atoms with Crippen molar-refractivity contribution in [1.82, 2.24) is 4.40 Å². The van der Waals surface area contributed by atoms with E-state index in [1.54, 1.807) is 12.1 Å². The molecule has 6 rings (SSSR count). The fourth-order valence-electron chi connectivity index (χ4n) is 4.39. The number of aromatic nitrogens is 1. The lowest BCUT2D eigenvalue weighted by molar-refractivity contribution is 0.477. The normalized spacial score (nSPS) is 12.0. The second-order valence-corrected chi connectivity index (χ2v) is 7.33. The van der Waals surface area contributed by atoms with Crippen LogP contribution in [0, 0.1) is 0 Å². The van der Waals surface area contributed by atoms with Crippen LogP contribution in [0.3, 0.4) is 0 Å². The molecule has 0 aliphatic rings. The number of fused-ring (bicyclic) bond motifs is 6. The average Bonchev–Trinajstić information content (AvgIpc) is 3.19. The van der Waals surface area contributed by atoms with E-state index in [4.69, 9.17) is 11.6 Å². The molecule has 0 amide bonds. The highest BCUT2D eigenvalue weighted by Crippen LogP contribution is 2.44. The molecule has 0 fully saturated rings. The minimum Gasteiger partial charge on any atom is -0.507 e. The molecule has 27 heavy (non-hydrogen) atoms. The Hall–Kier alpha value is -3.23. The molecule has 2 heterocycles. The molecule has 0 atom stereocenters. The van der Waals surface area contributed by atoms with Gasteiger partial charge in [0.2, 0.25) is 0 Å². The zero-order valence-corrected chi connectivity index (χ0v) is 15.0. The van der Waals surface area contributed by atoms with Crippen LogP contribution in [0.1, 0.15) is 0 Å². The average molecular weight is 368 g/mol. The van der Waals surface area contributed by atoms with Gasteiger partial charge in [-0.2, -0.15) is 0 Å². The van der Waals surface area contributed by atoms with Crippen molar-refractivity contribution in [3.05, 3.63) is 83.9 Å². The molecule has 0 radical (unpaired) electrons. The number of rotatable bonds is 1. The minimum absolute atomic E-state index is 0.198. The smallest absolute Gasteiger partial charge is 0.124 e. The van der Waals surface area contributed by atoms with Crippen molar-refractivity contribution in [3.63, 3.8) is 0 Å². The summed E-state index contributed by atoms with van der Waals surface area (Å²) in [7, 11) is 0. The van der Waals surface area contributed by atoms with Gasteiger partial charge in [0.25, 0.3) is 0 Å². The first-order chi connectivity index (χ1) is 13.2. The van der Waals surface area contributed by atoms with E-state index in [1.807, 2.05) is 6.07 Å². The van der Waals surface area contributed by atoms with E-state index in [0.29, 0.717) is 10.6 Å². The molecule has 3 heteroatoms. The third-order valence-corrected chi connectivity index (χ3v) is 5.80. The summed E-state index contributed by atoms with van der Waals surface area (Å²) >= 11 is 6.45. The maximum absolute atomic E-state index is 10.5. The van der Waals surface area contributed by atoms with Crippen molar-refractivity contribution in [2.75, 3.05) is 0 Å². The van der Waals surface area contributed by atoms with Crippen molar-refractivity contribution < 1.29 is 5.11 Å². The van der Waals surface area contributed by atoms with Crippen LogP contribution in [-0.4, -0.2) is 9.51 Å². The fraction of sp³-hybridized carbons (Fsp3) is 0. The molecule has 0 saturated heterocycles. The summed E-state index contributed by atoms with van der Waals surface area (Å²) in [5.41, 5.74) is 5.21. The number of hydrogen-bond acceptors (Lipinski definition) is 1. The van der Waals surface area contributed by atoms with Gasteiger partial charge in [-0.1, -0.05) is 54.1 Å². The van der Waals surface area contributed by atoms with Crippen molar-refractivity contribution in [3.8, 4) is 16.9 Å². The largest absolute Gasteiger partial charge is 0.507 e. The lowest BCUT2D eigenvalue weighted by Crippen LogP contribution is -1.82. The van der Waals surface area contributed by atoms with Gasteiger partial charge >= 0.3 is 0 Å². The van der Waals surface area contributed by atoms with Gasteiger partial charge in [-0.05, 0) is 42.0 Å². The Morgan fingerprint density at radius 1 is 0.667 bits per heavy atom. The Morgan fingerprint density at radius 2 is 1.26 bits per heavy atom. The summed E-state index contributed by atoms with van der Waals surface area (Å²) < 4.78 is 2.34. The van der Waals surface area contributed by atoms with Gasteiger partial charge < -0.3 is 9.51 Å². The predicted octanol–water partition coefficient (Wildman–Crippen LogP) is 6.86. The van der Waals surface area contributed by atoms with E-state index in [9.17, 15) is 5.11 Å². The Balaban J connectivity index is 1.90. The molecular weight excluding hydrogens is 354 g/mol. The molecule has 2 nitrogen and oxygen atoms in total. The summed E-state index contributed by atoms with van der Waals surface area (Å²) in [5, 5.41) is 15.8. The molecule has 1 N–H and O–H groups in total. The van der Waals surface area contributed by atoms with Crippen LogP contribution in [0.2, 0.25) is 5.02 Å². The second kappa shape index (κ2) is 5.15. The number of para-hydroxylation sites is 2. The van der Waals surface area contributed by atoms with Gasteiger partial charge in [-0.25, -0.2) is 0 Å². The maximum atomic E-state index is 10.5. The highest BCUT2D eigenvalue weighted by atomic mass is 35.5. The van der Waals surface area contributed by atoms with Crippen LogP contribution in [0.25, 0.3) is 49.2 Å². The van der Waals surface area contributed by atoms with E-state index in [-0.39, 0.29) is 5.75 Å². The van der Waals surface area contributed by atoms with Crippen molar-refractivity contribution >= 4 is 49.7 Å². The Kier molecular flexibility index (Phi) is 2.84. The SMILES string of the molecule is Oc1cccc(Cl)c1-c1cc2c3ccccc3n3c4ccccc4c(c1)c23. The number of benzene rings is 4. The molecule has 2 aromatic heterocycles. The highest BCUT2D eigenvalue weighted by Gasteiger charge is 2.19. The van der Waals surface area contributed by atoms with E-state index in [0.717, 1.165) is 5.56 Å². The molecule has 4 aromatic carbocycles. The summed E-state index contributed by atoms with van der Waals surface area (Å²) in [5.74, 6) is 0.198. The highest BCUT2D eigenvalue weighted by molar-refractivity contribution is 6.34. The third kappa shape index (κ3) is 1.85. The Labute approximate surface area is 160 Å². The number of phenols is 1. The maximum Gasteiger partial charge on any atom is 0.124 e. The molecule has 0 bridgehead atoms. The molecule has 6 aromatic rings. The minimum atomic E-state index is 0.198. The van der Waals surface area contributed by atoms with Crippen LogP contribution in [-0.2, 0) is 0 Å². The van der Waals surface area contributed by atoms with Gasteiger partial charge in [0.05, 0.1) is 21.6 Å². The van der Waals surface area contributed by atoms with Gasteiger partial charge in [-0.15, -0.1) is 0 Å². The summed E-state index contributed by atoms with van der Waals surface area (Å²) in [4.78, 5) is 0. The third-order valence-electron chi connectivity index (χ3n) is 5.48. The zero-order chi connectivity index (χ0) is 18.1. The zero-order valence-electron chi connectivity index (χ0n) is 14.3. The van der Waals surface area contributed by atoms with E-state index >= 15 is 0 Å². The van der Waals surface area contributed by atoms with Gasteiger partial charge in [0.15, 0.2) is 0 Å². The van der Waals surface area contributed by atoms with Crippen molar-refractivity contribution in [2.45, 2.75) is 0 Å². The van der Waals surface area contributed by atoms with Crippen molar-refractivity contribution in [2.24, 2.45) is 0 Å². The first-order valence-corrected chi connectivity index (χ1v) is 9.26. The molecule has 128 valence electrons. The molecule has 0 aliphatic carbocycles. The van der Waals surface area contributed by atoms with Gasteiger partial charge in [0, 0.05) is 27.1 Å². The first kappa shape index (κ1) is 14.9. The Bertz CT molecular complexity index is 1390. The number of hydrogen-bond donors (Lipinski definition) is 1. The van der Waals surface area contributed by atoms with Crippen LogP contribution < -0.4 is 0 Å². The molecular formula is C24H14ClNO. The van der Waals surface area contributed by atoms with Crippen molar-refractivity contribution in [1.29, 1.82) is 0 Å². The number of phenolic OH excluding ortho intramolecular Hbond substituents is 1. The van der Waals surface area contributed by atoms with Gasteiger partial charge in [0.1, 0.15) is 5.75 Å². The fourth-order valence-corrected chi connectivity index (χ4v) is 4.67. The quantitative estimate of drug-likeness (QED) is 0.337.